The van der Waals surface area contributed by atoms with Crippen LogP contribution < -0.4 is 27.0 Å². The van der Waals surface area contributed by atoms with Crippen LogP contribution >= 0.6 is 0 Å². The Balaban J connectivity index is 0.000000211. The summed E-state index contributed by atoms with van der Waals surface area (Å²) in [5, 5.41) is 56.3. The standard InChI is InChI=1S/C31H36N2O11.C22H20N2O5/c1-14(2)7-8-16-13-17(9-11-19(16)34)27(37)33-21-22(35)18-10-12-20(15(3)24(18)42-28(21)38)41-29-23(36)25(43-30(32)39)26(40-6)31(4,5)44-29;1-3-12-13-7-11(25)5-6-17(13)23-19-14(12)9-24-18(19)8-16-15(20(24)26)10-29-21(27)22(16,28)4-2/h7,9-13,23,25-26,29,34-36H,8H2,1-6H3,(H2,32,39)(H,33,37);5-8,25,28H,3-4,9-10H2,1-2H3/t;22-/m.0/s1. The van der Waals surface area contributed by atoms with Crippen molar-refractivity contribution in [1.29, 1.82) is 0 Å². The molecule has 3 aliphatic rings. The second kappa shape index (κ2) is 19.7. The number of aromatic hydroxyl groups is 3. The zero-order valence-electron chi connectivity index (χ0n) is 41.3. The van der Waals surface area contributed by atoms with Gasteiger partial charge in [-0.25, -0.2) is 19.4 Å². The quantitative estimate of drug-likeness (QED) is 0.0471. The van der Waals surface area contributed by atoms with Crippen LogP contribution in [-0.4, -0.2) is 90.4 Å². The molecule has 0 bridgehead atoms. The first-order valence-electron chi connectivity index (χ1n) is 23.4. The predicted octanol–water partition coefficient (Wildman–Crippen LogP) is 5.97. The molecular formula is C53H56N4O16. The van der Waals surface area contributed by atoms with Crippen molar-refractivity contribution in [3.8, 4) is 34.4 Å². The van der Waals surface area contributed by atoms with Crippen molar-refractivity contribution in [2.45, 2.75) is 117 Å². The van der Waals surface area contributed by atoms with Gasteiger partial charge in [0.2, 0.25) is 6.29 Å². The largest absolute Gasteiger partial charge is 0.508 e. The van der Waals surface area contributed by atoms with Crippen LogP contribution in [0.5, 0.6) is 23.0 Å². The van der Waals surface area contributed by atoms with Crippen molar-refractivity contribution in [2.24, 2.45) is 5.73 Å². The van der Waals surface area contributed by atoms with E-state index in [0.29, 0.717) is 47.5 Å². The lowest BCUT2D eigenvalue weighted by Gasteiger charge is -2.47. The van der Waals surface area contributed by atoms with Crippen LogP contribution in [0, 0.1) is 6.92 Å². The number of aryl methyl sites for hydroxylation is 2. The fourth-order valence-electron chi connectivity index (χ4n) is 9.62. The summed E-state index contributed by atoms with van der Waals surface area (Å²) in [4.78, 5) is 67.7. The van der Waals surface area contributed by atoms with Gasteiger partial charge in [-0.15, -0.1) is 0 Å². The van der Waals surface area contributed by atoms with Gasteiger partial charge in [-0.05, 0) is 120 Å². The minimum absolute atomic E-state index is 0.0183. The van der Waals surface area contributed by atoms with E-state index in [-0.39, 0.29) is 57.9 Å². The Hall–Kier alpha value is -7.78. The molecule has 6 heterocycles. The minimum Gasteiger partial charge on any atom is -0.508 e. The number of carbonyl (C=O) groups excluding carboxylic acids is 3. The lowest BCUT2D eigenvalue weighted by atomic mass is 9.86. The van der Waals surface area contributed by atoms with Gasteiger partial charge < -0.3 is 69.3 Å². The van der Waals surface area contributed by atoms with Crippen LogP contribution in [-0.2, 0) is 55.3 Å². The average Bonchev–Trinajstić information content (AvgIpc) is 3.71. The molecular weight excluding hydrogens is 949 g/mol. The molecule has 0 spiro atoms. The molecule has 0 saturated carbocycles. The van der Waals surface area contributed by atoms with Crippen LogP contribution in [0.3, 0.4) is 0 Å². The molecule has 1 saturated heterocycles. The first-order valence-corrected chi connectivity index (χ1v) is 23.4. The van der Waals surface area contributed by atoms with E-state index in [0.717, 1.165) is 27.6 Å². The summed E-state index contributed by atoms with van der Waals surface area (Å²) >= 11 is 0. The topological polar surface area (TPSA) is 302 Å². The summed E-state index contributed by atoms with van der Waals surface area (Å²) in [5.74, 6) is -1.65. The van der Waals surface area contributed by atoms with Gasteiger partial charge in [0.1, 0.15) is 35.5 Å². The fraction of sp³-hybridized carbons (Fsp3) is 0.358. The van der Waals surface area contributed by atoms with Gasteiger partial charge in [-0.2, -0.15) is 0 Å². The van der Waals surface area contributed by atoms with Gasteiger partial charge in [-0.1, -0.05) is 25.5 Å². The third-order valence-electron chi connectivity index (χ3n) is 13.5. The van der Waals surface area contributed by atoms with Gasteiger partial charge in [0.15, 0.2) is 29.2 Å². The van der Waals surface area contributed by atoms with E-state index >= 15 is 0 Å². The van der Waals surface area contributed by atoms with Crippen LogP contribution in [0.4, 0.5) is 10.5 Å². The molecule has 0 radical (unpaired) electrons. The second-order valence-corrected chi connectivity index (χ2v) is 18.8. The number of phenols is 2. The number of aliphatic hydroxyl groups is 2. The number of anilines is 1. The van der Waals surface area contributed by atoms with Crippen LogP contribution in [0.1, 0.15) is 91.7 Å². The van der Waals surface area contributed by atoms with Crippen molar-refractivity contribution >= 4 is 45.5 Å². The molecule has 3 aromatic heterocycles. The number of nitrogens with two attached hydrogens (primary N) is 1. The lowest BCUT2D eigenvalue weighted by Crippen LogP contribution is -2.65. The number of carbonyl (C=O) groups is 3. The van der Waals surface area contributed by atoms with Gasteiger partial charge in [-0.3, -0.25) is 9.59 Å². The summed E-state index contributed by atoms with van der Waals surface area (Å²) < 4.78 is 34.6. The van der Waals surface area contributed by atoms with Crippen LogP contribution in [0.2, 0.25) is 0 Å². The summed E-state index contributed by atoms with van der Waals surface area (Å²) in [5.41, 5.74) is 7.00. The fourth-order valence-corrected chi connectivity index (χ4v) is 9.62. The number of benzene rings is 3. The average molecular weight is 1010 g/mol. The van der Waals surface area contributed by atoms with Gasteiger partial charge >= 0.3 is 17.7 Å². The molecule has 384 valence electrons. The Kier molecular flexibility index (Phi) is 13.9. The number of amides is 2. The highest BCUT2D eigenvalue weighted by Gasteiger charge is 2.53. The molecule has 0 aliphatic carbocycles. The highest BCUT2D eigenvalue weighted by Crippen LogP contribution is 2.42. The van der Waals surface area contributed by atoms with Crippen molar-refractivity contribution in [3.05, 3.63) is 126 Å². The van der Waals surface area contributed by atoms with Gasteiger partial charge in [0.05, 0.1) is 40.0 Å². The predicted molar refractivity (Wildman–Crippen MR) is 264 cm³/mol. The number of ether oxygens (including phenoxy) is 5. The zero-order chi connectivity index (χ0) is 53.0. The molecule has 9 rings (SSSR count). The number of hydrogen-bond donors (Lipinski definition) is 7. The Morgan fingerprint density at radius 2 is 1.74 bits per heavy atom. The van der Waals surface area contributed by atoms with E-state index in [4.69, 9.17) is 38.8 Å². The zero-order valence-corrected chi connectivity index (χ0v) is 41.3. The minimum atomic E-state index is -1.83. The first kappa shape index (κ1) is 51.6. The number of esters is 1. The molecule has 5 atom stereocenters. The van der Waals surface area contributed by atoms with Crippen molar-refractivity contribution in [2.75, 3.05) is 12.4 Å². The Morgan fingerprint density at radius 3 is 2.41 bits per heavy atom. The smallest absolute Gasteiger partial charge is 0.404 e. The summed E-state index contributed by atoms with van der Waals surface area (Å²) in [6.07, 6.45) is -2.98. The molecule has 2 amide bonds. The maximum absolute atomic E-state index is 13.2. The molecule has 3 aliphatic heterocycles. The molecule has 1 fully saturated rings. The van der Waals surface area contributed by atoms with Crippen LogP contribution in [0.25, 0.3) is 33.3 Å². The Labute approximate surface area is 417 Å². The second-order valence-electron chi connectivity index (χ2n) is 18.8. The van der Waals surface area contributed by atoms with E-state index in [2.05, 4.69) is 5.32 Å². The van der Waals surface area contributed by atoms with Crippen LogP contribution in [0.15, 0.2) is 80.3 Å². The highest BCUT2D eigenvalue weighted by molar-refractivity contribution is 6.06. The number of rotatable bonds is 10. The number of cyclic esters (lactones) is 1. The third kappa shape index (κ3) is 9.33. The number of hydrogen-bond acceptors (Lipinski definition) is 17. The number of aromatic nitrogens is 2. The summed E-state index contributed by atoms with van der Waals surface area (Å²) in [6, 6.07) is 13.9. The molecule has 6 aromatic rings. The van der Waals surface area contributed by atoms with Gasteiger partial charge in [0.25, 0.3) is 11.5 Å². The molecule has 73 heavy (non-hydrogen) atoms. The number of nitrogens with one attached hydrogen (secondary N) is 1. The summed E-state index contributed by atoms with van der Waals surface area (Å²) in [7, 11) is 1.37. The lowest BCUT2D eigenvalue weighted by molar-refractivity contribution is -0.304. The van der Waals surface area contributed by atoms with Gasteiger partial charge in [0, 0.05) is 34.7 Å². The Bertz CT molecular complexity index is 3390. The number of nitrogens with zero attached hydrogens (tertiary/aromatic N) is 2. The number of aliphatic hydroxyl groups excluding tert-OH is 1. The number of fused-ring (bicyclic) bond motifs is 6. The molecule has 20 nitrogen and oxygen atoms in total. The van der Waals surface area contributed by atoms with Crippen molar-refractivity contribution < 1.29 is 68.0 Å². The van der Waals surface area contributed by atoms with Crippen molar-refractivity contribution in [3.63, 3.8) is 0 Å². The molecule has 4 unspecified atom stereocenters. The summed E-state index contributed by atoms with van der Waals surface area (Å²) in [6.45, 7) is 12.6. The molecule has 8 N–H and O–H groups in total. The van der Waals surface area contributed by atoms with E-state index in [1.54, 1.807) is 56.5 Å². The third-order valence-corrected chi connectivity index (χ3v) is 13.5. The van der Waals surface area contributed by atoms with E-state index in [1.165, 1.54) is 37.4 Å². The van der Waals surface area contributed by atoms with Crippen molar-refractivity contribution in [1.82, 2.24) is 9.55 Å². The number of phenolic OH excluding ortho intramolecular Hbond substituents is 2. The SMILES string of the molecule is CCc1c2c(nc3ccc(O)cc13)-c1cc3c(c(=O)n1C2)COC(=O)[C@]3(O)CC.COC1C(OC(N)=O)C(O)C(Oc2ccc3c(O)c(NC(=O)c4ccc(O)c(CC=C(C)C)c4)c(=O)oc3c2C)OC1(C)C. The molecule has 3 aromatic carbocycles. The Morgan fingerprint density at radius 1 is 1.00 bits per heavy atom. The number of methoxy groups -OCH3 is 1. The first-order chi connectivity index (χ1) is 34.5. The number of pyridine rings is 2. The number of primary amides is 1. The van der Waals surface area contributed by atoms with E-state index in [1.807, 2.05) is 26.8 Å². The number of allylic oxidation sites excluding steroid dienone is 2. The highest BCUT2D eigenvalue weighted by atomic mass is 16.7. The maximum Gasteiger partial charge on any atom is 0.404 e. The van der Waals surface area contributed by atoms with E-state index in [9.17, 15) is 49.5 Å². The maximum atomic E-state index is 13.2. The normalized spacial score (nSPS) is 20.4. The van der Waals surface area contributed by atoms with E-state index < -0.39 is 70.8 Å². The molecule has 20 heteroatoms. The monoisotopic (exact) mass is 1000 g/mol.